The van der Waals surface area contributed by atoms with Crippen molar-refractivity contribution in [1.29, 1.82) is 0 Å². The molecule has 2 aromatic carbocycles. The van der Waals surface area contributed by atoms with Gasteiger partial charge in [-0.1, -0.05) is 86.7 Å². The number of aliphatic hydroxyl groups excluding tert-OH is 1. The van der Waals surface area contributed by atoms with E-state index >= 15 is 0 Å². The second kappa shape index (κ2) is 12.1. The molecule has 196 valence electrons. The Kier molecular flexibility index (Phi) is 9.17. The van der Waals surface area contributed by atoms with E-state index in [2.05, 4.69) is 13.8 Å². The molecule has 6 nitrogen and oxygen atoms in total. The first-order valence-electron chi connectivity index (χ1n) is 12.9. The van der Waals surface area contributed by atoms with E-state index in [1.807, 2.05) is 72.8 Å². The molecule has 1 saturated heterocycles. The molecule has 7 heteroatoms. The predicted octanol–water partition coefficient (Wildman–Crippen LogP) is 3.15. The molecule has 2 aliphatic rings. The molecule has 2 aliphatic heterocycles. The lowest BCUT2D eigenvalue weighted by atomic mass is 9.96. The first kappa shape index (κ1) is 27.2. The molecule has 0 amide bonds. The van der Waals surface area contributed by atoms with Crippen LogP contribution in [-0.2, 0) is 18.9 Å². The lowest BCUT2D eigenvalue weighted by Crippen LogP contribution is -2.65. The number of hydrogen-bond donors (Lipinski definition) is 2. The molecular weight excluding hydrogens is 472 g/mol. The van der Waals surface area contributed by atoms with Crippen LogP contribution in [-0.4, -0.2) is 69.2 Å². The zero-order chi connectivity index (χ0) is 25.6. The van der Waals surface area contributed by atoms with Gasteiger partial charge < -0.3 is 28.8 Å². The fourth-order valence-electron chi connectivity index (χ4n) is 5.39. The Morgan fingerprint density at radius 3 is 2.11 bits per heavy atom. The molecule has 0 saturated carbocycles. The van der Waals surface area contributed by atoms with Gasteiger partial charge in [0.1, 0.15) is 6.10 Å². The fraction of sp³-hybridized carbons (Fsp3) is 0.517. The number of ether oxygens (including phenoxy) is 4. The molecule has 0 spiro atoms. The maximum atomic E-state index is 12.3. The van der Waals surface area contributed by atoms with E-state index in [9.17, 15) is 9.90 Å². The van der Waals surface area contributed by atoms with Crippen molar-refractivity contribution in [2.75, 3.05) is 20.3 Å². The number of hydrogen-bond acceptors (Lipinski definition) is 6. The molecule has 2 aromatic rings. The number of aliphatic hydroxyl groups is 1. The van der Waals surface area contributed by atoms with Crippen molar-refractivity contribution < 1.29 is 28.8 Å². The van der Waals surface area contributed by atoms with Gasteiger partial charge >= 0.3 is 0 Å². The second-order valence-corrected chi connectivity index (χ2v) is 14.4. The number of rotatable bonds is 11. The zero-order valence-corrected chi connectivity index (χ0v) is 22.6. The minimum atomic E-state index is -3.11. The Morgan fingerprint density at radius 2 is 1.56 bits per heavy atom. The van der Waals surface area contributed by atoms with Crippen LogP contribution < -0.4 is 10.4 Å². The average Bonchev–Trinajstić information content (AvgIpc) is 3.41. The molecule has 1 fully saturated rings. The summed E-state index contributed by atoms with van der Waals surface area (Å²) in [6.45, 7) is 5.48. The van der Waals surface area contributed by atoms with E-state index in [4.69, 9.17) is 18.9 Å². The van der Waals surface area contributed by atoms with E-state index in [-0.39, 0.29) is 24.6 Å². The van der Waals surface area contributed by atoms with Crippen LogP contribution in [0.3, 0.4) is 0 Å². The van der Waals surface area contributed by atoms with Crippen LogP contribution in [0.1, 0.15) is 39.5 Å². The molecule has 4 atom stereocenters. The van der Waals surface area contributed by atoms with E-state index in [0.29, 0.717) is 38.9 Å². The van der Waals surface area contributed by atoms with Crippen molar-refractivity contribution in [3.05, 3.63) is 72.8 Å². The first-order chi connectivity index (χ1) is 17.3. The molecular formula is C29H40O6Si. The highest BCUT2D eigenvalue weighted by atomic mass is 28.4. The first-order valence-corrected chi connectivity index (χ1v) is 14.9. The Bertz CT molecular complexity index is 921. The van der Waals surface area contributed by atoms with Crippen LogP contribution in [0.4, 0.5) is 0 Å². The SMILES string of the molecule is CO[C@H]1C=C[C@@H](CC2OCCO2)O[C@@H]1CC(O)CCC(C)(C)[Si](O)(c1ccccc1)c1ccccc1. The molecule has 4 rings (SSSR count). The van der Waals surface area contributed by atoms with Gasteiger partial charge in [0.2, 0.25) is 0 Å². The van der Waals surface area contributed by atoms with Gasteiger partial charge in [0.25, 0.3) is 8.32 Å². The predicted molar refractivity (Wildman–Crippen MR) is 143 cm³/mol. The summed E-state index contributed by atoms with van der Waals surface area (Å²) in [5.74, 6) is 0. The van der Waals surface area contributed by atoms with Crippen LogP contribution in [0.15, 0.2) is 72.8 Å². The van der Waals surface area contributed by atoms with Crippen LogP contribution in [0.25, 0.3) is 0 Å². The largest absolute Gasteiger partial charge is 0.424 e. The molecule has 36 heavy (non-hydrogen) atoms. The smallest absolute Gasteiger partial charge is 0.258 e. The normalized spacial score (nSPS) is 24.2. The Morgan fingerprint density at radius 1 is 0.972 bits per heavy atom. The van der Waals surface area contributed by atoms with Gasteiger partial charge in [0.05, 0.1) is 31.5 Å². The van der Waals surface area contributed by atoms with Gasteiger partial charge in [-0.2, -0.15) is 0 Å². The summed E-state index contributed by atoms with van der Waals surface area (Å²) in [7, 11) is -1.44. The van der Waals surface area contributed by atoms with Gasteiger partial charge in [-0.05, 0) is 28.3 Å². The summed E-state index contributed by atoms with van der Waals surface area (Å²) in [5, 5.41) is 12.6. The monoisotopic (exact) mass is 512 g/mol. The Labute approximate surface area is 216 Å². The lowest BCUT2D eigenvalue weighted by molar-refractivity contribution is -0.122. The van der Waals surface area contributed by atoms with Crippen molar-refractivity contribution in [1.82, 2.24) is 0 Å². The van der Waals surface area contributed by atoms with Crippen molar-refractivity contribution in [2.45, 2.75) is 75.3 Å². The molecule has 1 unspecified atom stereocenters. The summed E-state index contributed by atoms with van der Waals surface area (Å²) in [4.78, 5) is 12.3. The highest BCUT2D eigenvalue weighted by Crippen LogP contribution is 2.40. The average molecular weight is 513 g/mol. The van der Waals surface area contributed by atoms with Crippen LogP contribution in [0.2, 0.25) is 5.04 Å². The van der Waals surface area contributed by atoms with Crippen molar-refractivity contribution in [3.8, 4) is 0 Å². The Balaban J connectivity index is 1.42. The molecule has 0 radical (unpaired) electrons. The van der Waals surface area contributed by atoms with Crippen LogP contribution in [0, 0.1) is 0 Å². The van der Waals surface area contributed by atoms with E-state index in [0.717, 1.165) is 10.4 Å². The van der Waals surface area contributed by atoms with Gasteiger partial charge in [0, 0.05) is 20.0 Å². The Hall–Kier alpha value is -1.84. The molecule has 0 bridgehead atoms. The highest BCUT2D eigenvalue weighted by Gasteiger charge is 2.49. The number of methoxy groups -OCH3 is 1. The van der Waals surface area contributed by atoms with Crippen LogP contribution >= 0.6 is 0 Å². The lowest BCUT2D eigenvalue weighted by Gasteiger charge is -2.42. The summed E-state index contributed by atoms with van der Waals surface area (Å²) in [6.07, 6.45) is 4.89. The van der Waals surface area contributed by atoms with Gasteiger partial charge in [-0.3, -0.25) is 0 Å². The summed E-state index contributed by atoms with van der Waals surface area (Å²) in [6, 6.07) is 20.0. The summed E-state index contributed by atoms with van der Waals surface area (Å²) >= 11 is 0. The van der Waals surface area contributed by atoms with E-state index in [1.165, 1.54) is 0 Å². The molecule has 0 aliphatic carbocycles. The minimum Gasteiger partial charge on any atom is -0.424 e. The minimum absolute atomic E-state index is 0.137. The summed E-state index contributed by atoms with van der Waals surface area (Å²) < 4.78 is 23.0. The third kappa shape index (κ3) is 6.17. The zero-order valence-electron chi connectivity index (χ0n) is 21.6. The van der Waals surface area contributed by atoms with Crippen molar-refractivity contribution in [2.24, 2.45) is 0 Å². The topological polar surface area (TPSA) is 77.4 Å². The van der Waals surface area contributed by atoms with Crippen LogP contribution in [0.5, 0.6) is 0 Å². The van der Waals surface area contributed by atoms with E-state index < -0.39 is 19.5 Å². The fourth-order valence-corrected chi connectivity index (χ4v) is 9.15. The maximum absolute atomic E-state index is 12.3. The third-order valence-corrected chi connectivity index (χ3v) is 12.1. The molecule has 0 aromatic heterocycles. The standard InChI is InChI=1S/C29H40O6Si/c1-29(2,36(31,24-10-6-4-7-11-24)25-12-8-5-9-13-25)17-16-22(30)20-27-26(32-3)15-14-23(35-27)21-28-33-18-19-34-28/h4-15,22-23,26-28,30-31H,16-21H2,1-3H3/t22?,23-,26-,27+/m0/s1. The molecule has 2 heterocycles. The number of benzene rings is 2. The molecule has 2 N–H and O–H groups in total. The van der Waals surface area contributed by atoms with Gasteiger partial charge in [0.15, 0.2) is 6.29 Å². The quantitative estimate of drug-likeness (QED) is 0.356. The van der Waals surface area contributed by atoms with E-state index in [1.54, 1.807) is 7.11 Å². The van der Waals surface area contributed by atoms with Crippen molar-refractivity contribution in [3.63, 3.8) is 0 Å². The second-order valence-electron chi connectivity index (χ2n) is 10.5. The maximum Gasteiger partial charge on any atom is 0.258 e. The highest BCUT2D eigenvalue weighted by molar-refractivity contribution is 6.98. The van der Waals surface area contributed by atoms with Gasteiger partial charge in [-0.15, -0.1) is 0 Å². The third-order valence-electron chi connectivity index (χ3n) is 7.59. The summed E-state index contributed by atoms with van der Waals surface area (Å²) in [5.41, 5.74) is 0. The van der Waals surface area contributed by atoms with Gasteiger partial charge in [-0.25, -0.2) is 0 Å². The van der Waals surface area contributed by atoms with Crippen molar-refractivity contribution >= 4 is 18.7 Å².